The fraction of sp³-hybridized carbons (Fsp3) is 0.100. The summed E-state index contributed by atoms with van der Waals surface area (Å²) in [6, 6.07) is 15.7. The zero-order chi connectivity index (χ0) is 18.5. The van der Waals surface area contributed by atoms with Gasteiger partial charge < -0.3 is 15.8 Å². The number of halogens is 1. The molecule has 132 valence electrons. The maximum Gasteiger partial charge on any atom is 0.241 e. The van der Waals surface area contributed by atoms with Gasteiger partial charge in [0.05, 0.1) is 12.6 Å². The average molecular weight is 412 g/mol. The van der Waals surface area contributed by atoms with Crippen LogP contribution >= 0.6 is 15.9 Å². The largest absolute Gasteiger partial charge is 0.497 e. The Morgan fingerprint density at radius 3 is 2.69 bits per heavy atom. The molecule has 0 saturated carbocycles. The summed E-state index contributed by atoms with van der Waals surface area (Å²) >= 11 is 3.46. The molecule has 26 heavy (non-hydrogen) atoms. The van der Waals surface area contributed by atoms with Crippen LogP contribution in [0.4, 0.5) is 5.82 Å². The number of hydrogen-bond acceptors (Lipinski definition) is 4. The highest BCUT2D eigenvalue weighted by Crippen LogP contribution is 2.25. The molecule has 3 aromatic rings. The van der Waals surface area contributed by atoms with Crippen LogP contribution in [0, 0.1) is 0 Å². The van der Waals surface area contributed by atoms with E-state index in [1.54, 1.807) is 13.2 Å². The Morgan fingerprint density at radius 2 is 2.00 bits per heavy atom. The lowest BCUT2D eigenvalue weighted by molar-refractivity contribution is -0.113. The van der Waals surface area contributed by atoms with Gasteiger partial charge in [-0.2, -0.15) is 0 Å². The number of nitrogens with one attached hydrogen (secondary N) is 1. The second-order valence-corrected chi connectivity index (χ2v) is 6.62. The molecule has 0 aliphatic rings. The van der Waals surface area contributed by atoms with Crippen molar-refractivity contribution in [1.29, 1.82) is 0 Å². The summed E-state index contributed by atoms with van der Waals surface area (Å²) in [5, 5.41) is 4.30. The van der Waals surface area contributed by atoms with Crippen LogP contribution in [0.1, 0.15) is 11.1 Å². The van der Waals surface area contributed by atoms with E-state index < -0.39 is 5.91 Å². The van der Waals surface area contributed by atoms with Crippen molar-refractivity contribution in [3.63, 3.8) is 0 Å². The van der Waals surface area contributed by atoms with E-state index in [2.05, 4.69) is 26.2 Å². The second-order valence-electron chi connectivity index (χ2n) is 5.70. The third-order valence-electron chi connectivity index (χ3n) is 3.85. The fourth-order valence-corrected chi connectivity index (χ4v) is 2.91. The molecule has 5 nitrogen and oxygen atoms in total. The van der Waals surface area contributed by atoms with Crippen molar-refractivity contribution in [2.24, 2.45) is 5.73 Å². The fourth-order valence-electron chi connectivity index (χ4n) is 2.53. The third kappa shape index (κ3) is 4.40. The molecule has 0 radical (unpaired) electrons. The molecule has 0 unspecified atom stereocenters. The topological polar surface area (TPSA) is 77.2 Å². The Hall–Kier alpha value is -2.86. The van der Waals surface area contributed by atoms with Gasteiger partial charge in [0.15, 0.2) is 0 Å². The minimum Gasteiger partial charge on any atom is -0.497 e. The Balaban J connectivity index is 1.91. The summed E-state index contributed by atoms with van der Waals surface area (Å²) in [5.74, 6) is 1.00. The zero-order valence-electron chi connectivity index (χ0n) is 14.2. The molecule has 1 heterocycles. The Morgan fingerprint density at radius 1 is 1.23 bits per heavy atom. The molecule has 0 bridgehead atoms. The van der Waals surface area contributed by atoms with Gasteiger partial charge in [0.2, 0.25) is 5.91 Å². The lowest BCUT2D eigenvalue weighted by atomic mass is 10.1. The van der Waals surface area contributed by atoms with Crippen LogP contribution in [0.2, 0.25) is 0 Å². The van der Waals surface area contributed by atoms with Crippen molar-refractivity contribution in [3.8, 4) is 5.75 Å². The summed E-state index contributed by atoms with van der Waals surface area (Å²) < 4.78 is 6.14. The van der Waals surface area contributed by atoms with E-state index in [-0.39, 0.29) is 0 Å². The van der Waals surface area contributed by atoms with E-state index in [1.807, 2.05) is 48.5 Å². The van der Waals surface area contributed by atoms with Crippen LogP contribution in [-0.4, -0.2) is 18.0 Å². The molecule has 3 rings (SSSR count). The van der Waals surface area contributed by atoms with Crippen LogP contribution in [-0.2, 0) is 11.3 Å². The van der Waals surface area contributed by atoms with Crippen LogP contribution in [0.3, 0.4) is 0 Å². The van der Waals surface area contributed by atoms with Gasteiger partial charge in [-0.15, -0.1) is 0 Å². The number of carbonyl (C=O) groups is 1. The molecule has 0 aliphatic heterocycles. The maximum absolute atomic E-state index is 11.1. The molecule has 0 aliphatic carbocycles. The maximum atomic E-state index is 11.1. The Labute approximate surface area is 160 Å². The number of nitrogens with two attached hydrogens (primary N) is 1. The summed E-state index contributed by atoms with van der Waals surface area (Å²) in [4.78, 5) is 15.8. The van der Waals surface area contributed by atoms with Gasteiger partial charge in [0, 0.05) is 28.0 Å². The zero-order valence-corrected chi connectivity index (χ0v) is 15.8. The predicted octanol–water partition coefficient (Wildman–Crippen LogP) is 4.12. The number of anilines is 1. The first kappa shape index (κ1) is 17.9. The Kier molecular flexibility index (Phi) is 5.53. The monoisotopic (exact) mass is 411 g/mol. The molecule has 1 amide bonds. The number of rotatable bonds is 6. The van der Waals surface area contributed by atoms with E-state index in [9.17, 15) is 4.79 Å². The average Bonchev–Trinajstić information content (AvgIpc) is 2.64. The summed E-state index contributed by atoms with van der Waals surface area (Å²) in [6.07, 6.45) is 3.01. The van der Waals surface area contributed by atoms with E-state index in [0.29, 0.717) is 12.4 Å². The highest BCUT2D eigenvalue weighted by atomic mass is 79.9. The van der Waals surface area contributed by atoms with Crippen molar-refractivity contribution < 1.29 is 9.53 Å². The van der Waals surface area contributed by atoms with Gasteiger partial charge in [-0.1, -0.05) is 28.1 Å². The SMILES string of the molecule is COc1ccc(CNc2nc3ccc(Br)cc3cc2/C=C/C(N)=O)cc1. The number of methoxy groups -OCH3 is 1. The first-order valence-electron chi connectivity index (χ1n) is 8.00. The molecular formula is C20H18BrN3O2. The molecule has 3 N–H and O–H groups in total. The molecule has 1 aromatic heterocycles. The molecular weight excluding hydrogens is 394 g/mol. The van der Waals surface area contributed by atoms with Crippen LogP contribution < -0.4 is 15.8 Å². The van der Waals surface area contributed by atoms with Gasteiger partial charge in [-0.05, 0) is 48.0 Å². The van der Waals surface area contributed by atoms with Crippen molar-refractivity contribution >= 4 is 44.6 Å². The minimum absolute atomic E-state index is 0.500. The number of aromatic nitrogens is 1. The molecule has 2 aromatic carbocycles. The highest BCUT2D eigenvalue weighted by Gasteiger charge is 2.06. The smallest absolute Gasteiger partial charge is 0.241 e. The van der Waals surface area contributed by atoms with Gasteiger partial charge in [0.25, 0.3) is 0 Å². The summed E-state index contributed by atoms with van der Waals surface area (Å²) in [7, 11) is 1.64. The molecule has 0 spiro atoms. The minimum atomic E-state index is -0.500. The number of carbonyl (C=O) groups excluding carboxylic acids is 1. The first-order chi connectivity index (χ1) is 12.5. The Bertz CT molecular complexity index is 969. The van der Waals surface area contributed by atoms with Gasteiger partial charge in [0.1, 0.15) is 11.6 Å². The van der Waals surface area contributed by atoms with E-state index >= 15 is 0 Å². The number of hydrogen-bond donors (Lipinski definition) is 2. The van der Waals surface area contributed by atoms with Gasteiger partial charge in [-0.3, -0.25) is 4.79 Å². The standard InChI is InChI=1S/C20H18BrN3O2/c1-26-17-6-2-13(3-7-17)12-23-20-14(4-9-19(22)25)10-15-11-16(21)5-8-18(15)24-20/h2-11H,12H2,1H3,(H2,22,25)(H,23,24)/b9-4+. The van der Waals surface area contributed by atoms with Crippen LogP contribution in [0.5, 0.6) is 5.75 Å². The molecule has 6 heteroatoms. The summed E-state index contributed by atoms with van der Waals surface area (Å²) in [6.45, 7) is 0.594. The lowest BCUT2D eigenvalue weighted by Crippen LogP contribution is -2.06. The predicted molar refractivity (Wildman–Crippen MR) is 108 cm³/mol. The van der Waals surface area contributed by atoms with Crippen molar-refractivity contribution in [2.45, 2.75) is 6.54 Å². The van der Waals surface area contributed by atoms with E-state index in [4.69, 9.17) is 10.5 Å². The number of ether oxygens (including phenoxy) is 1. The number of pyridine rings is 1. The summed E-state index contributed by atoms with van der Waals surface area (Å²) in [5.41, 5.74) is 7.98. The number of nitrogens with zero attached hydrogens (tertiary/aromatic N) is 1. The van der Waals surface area contributed by atoms with E-state index in [1.165, 1.54) is 6.08 Å². The quantitative estimate of drug-likeness (QED) is 0.598. The molecule has 0 saturated heterocycles. The molecule has 0 atom stereocenters. The lowest BCUT2D eigenvalue weighted by Gasteiger charge is -2.11. The van der Waals surface area contributed by atoms with Gasteiger partial charge >= 0.3 is 0 Å². The third-order valence-corrected chi connectivity index (χ3v) is 4.35. The number of fused-ring (bicyclic) bond motifs is 1. The highest BCUT2D eigenvalue weighted by molar-refractivity contribution is 9.10. The molecule has 0 fully saturated rings. The van der Waals surface area contributed by atoms with Gasteiger partial charge in [-0.25, -0.2) is 4.98 Å². The van der Waals surface area contributed by atoms with Crippen molar-refractivity contribution in [1.82, 2.24) is 4.98 Å². The van der Waals surface area contributed by atoms with Crippen molar-refractivity contribution in [3.05, 3.63) is 70.2 Å². The second kappa shape index (κ2) is 8.01. The number of benzene rings is 2. The number of primary amides is 1. The van der Waals surface area contributed by atoms with Crippen molar-refractivity contribution in [2.75, 3.05) is 12.4 Å². The van der Waals surface area contributed by atoms with E-state index in [0.717, 1.165) is 32.3 Å². The number of amides is 1. The van der Waals surface area contributed by atoms with Crippen LogP contribution in [0.15, 0.2) is 59.1 Å². The normalized spacial score (nSPS) is 11.0. The van der Waals surface area contributed by atoms with Crippen LogP contribution in [0.25, 0.3) is 17.0 Å². The first-order valence-corrected chi connectivity index (χ1v) is 8.79.